The van der Waals surface area contributed by atoms with Crippen LogP contribution in [0.3, 0.4) is 0 Å². The number of ketones is 1. The molecule has 0 aromatic rings. The van der Waals surface area contributed by atoms with E-state index in [4.69, 9.17) is 6.42 Å². The van der Waals surface area contributed by atoms with Crippen molar-refractivity contribution in [2.45, 2.75) is 63.9 Å². The van der Waals surface area contributed by atoms with Crippen LogP contribution in [0.15, 0.2) is 23.8 Å². The zero-order valence-corrected chi connectivity index (χ0v) is 14.7. The van der Waals surface area contributed by atoms with Gasteiger partial charge in [0.1, 0.15) is 5.60 Å². The van der Waals surface area contributed by atoms with Gasteiger partial charge < -0.3 is 5.11 Å². The van der Waals surface area contributed by atoms with Crippen molar-refractivity contribution in [3.63, 3.8) is 0 Å². The van der Waals surface area contributed by atoms with E-state index in [9.17, 15) is 9.90 Å². The zero-order chi connectivity index (χ0) is 17.1. The van der Waals surface area contributed by atoms with Crippen molar-refractivity contribution in [3.05, 3.63) is 23.8 Å². The molecule has 0 saturated heterocycles. The number of carbonyl (C=O) groups excluding carboxylic acids is 1. The number of allylic oxidation sites excluding steroid dienone is 2. The Morgan fingerprint density at radius 3 is 2.88 bits per heavy atom. The minimum Gasteiger partial charge on any atom is -0.377 e. The number of rotatable bonds is 1. The number of carbonyl (C=O) groups is 1. The molecule has 1 N–H and O–H groups in total. The first-order chi connectivity index (χ1) is 11.5. The Bertz CT molecular complexity index is 666. The van der Waals surface area contributed by atoms with Gasteiger partial charge in [-0.2, -0.15) is 0 Å². The van der Waals surface area contributed by atoms with E-state index in [0.717, 1.165) is 44.9 Å². The molecule has 0 aliphatic heterocycles. The molecule has 0 amide bonds. The molecule has 3 fully saturated rings. The monoisotopic (exact) mass is 324 g/mol. The summed E-state index contributed by atoms with van der Waals surface area (Å²) >= 11 is 0. The molecule has 0 unspecified atom stereocenters. The highest BCUT2D eigenvalue weighted by molar-refractivity contribution is 5.91. The minimum atomic E-state index is -0.973. The van der Waals surface area contributed by atoms with Crippen molar-refractivity contribution in [1.29, 1.82) is 0 Å². The zero-order valence-electron chi connectivity index (χ0n) is 14.7. The average molecular weight is 324 g/mol. The molecular formula is C22H28O2. The van der Waals surface area contributed by atoms with Crippen LogP contribution in [0, 0.1) is 41.4 Å². The topological polar surface area (TPSA) is 37.3 Å². The predicted molar refractivity (Wildman–Crippen MR) is 95.0 cm³/mol. The van der Waals surface area contributed by atoms with Gasteiger partial charge in [-0.1, -0.05) is 30.6 Å². The average Bonchev–Trinajstić information content (AvgIpc) is 2.88. The normalized spacial score (nSPS) is 47.3. The number of terminal acetylenes is 1. The summed E-state index contributed by atoms with van der Waals surface area (Å²) in [4.78, 5) is 11.8. The third-order valence-corrected chi connectivity index (χ3v) is 7.94. The van der Waals surface area contributed by atoms with E-state index in [-0.39, 0.29) is 5.41 Å². The fourth-order valence-electron chi connectivity index (χ4n) is 6.90. The summed E-state index contributed by atoms with van der Waals surface area (Å²) in [7, 11) is 0. The van der Waals surface area contributed by atoms with Crippen molar-refractivity contribution < 1.29 is 9.90 Å². The first-order valence-corrected chi connectivity index (χ1v) is 9.57. The standard InChI is InChI=1S/C22H28O2/c1-4-21-13-14(3)20-17-9-7-16(23)12-15(17)6-8-18(20)19(21)10-11-22(21,24)5-2/h2,12,17-20,24H,3-4,6-11,13H2,1H3/t17-,18+,19+,20+,21+,22+/m1/s1. The van der Waals surface area contributed by atoms with Crippen molar-refractivity contribution in [2.24, 2.45) is 29.1 Å². The lowest BCUT2D eigenvalue weighted by Crippen LogP contribution is -2.54. The van der Waals surface area contributed by atoms with E-state index in [1.165, 1.54) is 11.1 Å². The molecule has 0 heterocycles. The van der Waals surface area contributed by atoms with Gasteiger partial charge >= 0.3 is 0 Å². The van der Waals surface area contributed by atoms with Gasteiger partial charge in [-0.05, 0) is 74.7 Å². The van der Waals surface area contributed by atoms with Gasteiger partial charge in [0.05, 0.1) is 0 Å². The fraction of sp³-hybridized carbons (Fsp3) is 0.682. The van der Waals surface area contributed by atoms with Crippen LogP contribution in [0.25, 0.3) is 0 Å². The van der Waals surface area contributed by atoms with Crippen LogP contribution in [0.1, 0.15) is 58.3 Å². The highest BCUT2D eigenvalue weighted by Gasteiger charge is 2.64. The lowest BCUT2D eigenvalue weighted by Gasteiger charge is -2.56. The Kier molecular flexibility index (Phi) is 3.59. The molecule has 0 bridgehead atoms. The van der Waals surface area contributed by atoms with Crippen LogP contribution in [0.4, 0.5) is 0 Å². The molecule has 4 aliphatic rings. The van der Waals surface area contributed by atoms with Gasteiger partial charge in [-0.15, -0.1) is 6.42 Å². The van der Waals surface area contributed by atoms with Crippen molar-refractivity contribution in [2.75, 3.05) is 0 Å². The minimum absolute atomic E-state index is 0.189. The Morgan fingerprint density at radius 2 is 2.17 bits per heavy atom. The first-order valence-electron chi connectivity index (χ1n) is 9.57. The van der Waals surface area contributed by atoms with Crippen LogP contribution in [-0.4, -0.2) is 16.5 Å². The number of hydrogen-bond acceptors (Lipinski definition) is 2. The Balaban J connectivity index is 1.74. The van der Waals surface area contributed by atoms with Gasteiger partial charge in [0.25, 0.3) is 0 Å². The molecule has 24 heavy (non-hydrogen) atoms. The number of aliphatic hydroxyl groups is 1. The summed E-state index contributed by atoms with van der Waals surface area (Å²) in [6.45, 7) is 6.65. The van der Waals surface area contributed by atoms with Crippen LogP contribution >= 0.6 is 0 Å². The summed E-state index contributed by atoms with van der Waals surface area (Å²) in [5, 5.41) is 11.2. The highest BCUT2D eigenvalue weighted by Crippen LogP contribution is 2.67. The van der Waals surface area contributed by atoms with E-state index >= 15 is 0 Å². The summed E-state index contributed by atoms with van der Waals surface area (Å²) in [5.41, 5.74) is 1.48. The molecule has 0 radical (unpaired) electrons. The van der Waals surface area contributed by atoms with Gasteiger partial charge in [-0.25, -0.2) is 0 Å². The first kappa shape index (κ1) is 16.2. The molecule has 6 atom stereocenters. The molecular weight excluding hydrogens is 296 g/mol. The van der Waals surface area contributed by atoms with Crippen molar-refractivity contribution in [1.82, 2.24) is 0 Å². The van der Waals surface area contributed by atoms with Crippen molar-refractivity contribution >= 4 is 5.78 Å². The van der Waals surface area contributed by atoms with E-state index in [2.05, 4.69) is 19.4 Å². The fourth-order valence-corrected chi connectivity index (χ4v) is 6.90. The van der Waals surface area contributed by atoms with E-state index < -0.39 is 5.60 Å². The van der Waals surface area contributed by atoms with Crippen LogP contribution < -0.4 is 0 Å². The second kappa shape index (κ2) is 5.33. The largest absolute Gasteiger partial charge is 0.377 e. The van der Waals surface area contributed by atoms with Gasteiger partial charge in [-0.3, -0.25) is 4.79 Å². The molecule has 3 saturated carbocycles. The summed E-state index contributed by atoms with van der Waals surface area (Å²) in [6.07, 6.45) is 15.1. The van der Waals surface area contributed by atoms with Crippen LogP contribution in [0.5, 0.6) is 0 Å². The second-order valence-corrected chi connectivity index (χ2v) is 8.55. The maximum atomic E-state index is 11.8. The molecule has 0 aromatic carbocycles. The van der Waals surface area contributed by atoms with Crippen LogP contribution in [-0.2, 0) is 4.79 Å². The smallest absolute Gasteiger partial charge is 0.155 e. The van der Waals surface area contributed by atoms with Gasteiger partial charge in [0.15, 0.2) is 5.78 Å². The molecule has 0 spiro atoms. The van der Waals surface area contributed by atoms with E-state index in [0.29, 0.717) is 35.9 Å². The highest BCUT2D eigenvalue weighted by atomic mass is 16.3. The lowest BCUT2D eigenvalue weighted by atomic mass is 9.48. The predicted octanol–water partition coefficient (Wildman–Crippen LogP) is 4.05. The second-order valence-electron chi connectivity index (χ2n) is 8.55. The summed E-state index contributed by atoms with van der Waals surface area (Å²) in [6, 6.07) is 0. The van der Waals surface area contributed by atoms with E-state index in [1.54, 1.807) is 0 Å². The molecule has 4 aliphatic carbocycles. The van der Waals surface area contributed by atoms with E-state index in [1.807, 2.05) is 6.08 Å². The quantitative estimate of drug-likeness (QED) is 0.583. The van der Waals surface area contributed by atoms with Crippen molar-refractivity contribution in [3.8, 4) is 12.3 Å². The maximum Gasteiger partial charge on any atom is 0.155 e. The summed E-state index contributed by atoms with van der Waals surface area (Å²) < 4.78 is 0. The Labute approximate surface area is 145 Å². The SMILES string of the molecule is C#C[C@]1(O)CC[C@H]2[C@@H]3CCC4=CC(=O)CC[C@H]4[C@@H]3C(=C)C[C@@]21CC. The molecule has 0 aromatic heterocycles. The van der Waals surface area contributed by atoms with Crippen LogP contribution in [0.2, 0.25) is 0 Å². The third-order valence-electron chi connectivity index (χ3n) is 7.94. The lowest BCUT2D eigenvalue weighted by molar-refractivity contribution is -0.116. The van der Waals surface area contributed by atoms with Gasteiger partial charge in [0.2, 0.25) is 0 Å². The molecule has 4 rings (SSSR count). The molecule has 2 nitrogen and oxygen atoms in total. The number of fused-ring (bicyclic) bond motifs is 5. The molecule has 2 heteroatoms. The maximum absolute atomic E-state index is 11.8. The molecule has 128 valence electrons. The third kappa shape index (κ3) is 1.91. The number of hydrogen-bond donors (Lipinski definition) is 1. The Morgan fingerprint density at radius 1 is 1.38 bits per heavy atom. The summed E-state index contributed by atoms with van der Waals surface area (Å²) in [5.74, 6) is 5.13. The van der Waals surface area contributed by atoms with Gasteiger partial charge in [0, 0.05) is 11.8 Å². The Hall–Kier alpha value is -1.33.